The fourth-order valence-corrected chi connectivity index (χ4v) is 1.54. The Morgan fingerprint density at radius 3 is 2.85 bits per heavy atom. The molecule has 0 unspecified atom stereocenters. The van der Waals surface area contributed by atoms with Crippen molar-refractivity contribution in [1.29, 1.82) is 0 Å². The number of nitrogens with one attached hydrogen (secondary N) is 1. The van der Waals surface area contributed by atoms with Gasteiger partial charge in [0.05, 0.1) is 5.52 Å². The number of nitrogens with zero attached hydrogens (tertiary/aromatic N) is 1. The van der Waals surface area contributed by atoms with E-state index in [0.29, 0.717) is 6.54 Å². The molecule has 13 heavy (non-hydrogen) atoms. The smallest absolute Gasteiger partial charge is 0.0708 e. The highest BCUT2D eigenvalue weighted by atomic mass is 14.7. The molecule has 1 heterocycles. The molecule has 2 heteroatoms. The number of fused-ring (bicyclic) bond motifs is 1. The van der Waals surface area contributed by atoms with Crippen molar-refractivity contribution in [2.75, 3.05) is 0 Å². The molecule has 1 radical (unpaired) electrons. The molecule has 0 saturated carbocycles. The van der Waals surface area contributed by atoms with E-state index < -0.39 is 0 Å². The van der Waals surface area contributed by atoms with Gasteiger partial charge in [-0.25, -0.2) is 0 Å². The van der Waals surface area contributed by atoms with Gasteiger partial charge >= 0.3 is 0 Å². The summed E-state index contributed by atoms with van der Waals surface area (Å²) in [5.41, 5.74) is 10.4. The quantitative estimate of drug-likeness (QED) is 0.648. The maximum Gasteiger partial charge on any atom is 0.0708 e. The molecule has 0 aliphatic heterocycles. The van der Waals surface area contributed by atoms with E-state index in [0.717, 1.165) is 22.2 Å². The number of aryl methyl sites for hydroxylation is 1. The Labute approximate surface area is 77.4 Å². The van der Waals surface area contributed by atoms with Gasteiger partial charge in [-0.15, -0.1) is 0 Å². The average Bonchev–Trinajstić information content (AvgIpc) is 2.16. The zero-order chi connectivity index (χ0) is 9.26. The lowest BCUT2D eigenvalue weighted by Crippen LogP contribution is -1.92. The van der Waals surface area contributed by atoms with Gasteiger partial charge in [-0.1, -0.05) is 18.2 Å². The predicted octanol–water partition coefficient (Wildman–Crippen LogP) is 2.33. The van der Waals surface area contributed by atoms with Gasteiger partial charge in [0, 0.05) is 17.6 Å². The summed E-state index contributed by atoms with van der Waals surface area (Å²) >= 11 is 0. The molecule has 1 aromatic carbocycles. The summed E-state index contributed by atoms with van der Waals surface area (Å²) in [6, 6.07) is 9.95. The van der Waals surface area contributed by atoms with Gasteiger partial charge in [0.25, 0.3) is 0 Å². The topological polar surface area (TPSA) is 36.7 Å². The molecule has 2 nitrogen and oxygen atoms in total. The maximum absolute atomic E-state index is 7.39. The van der Waals surface area contributed by atoms with Crippen molar-refractivity contribution in [2.24, 2.45) is 0 Å². The summed E-state index contributed by atoms with van der Waals surface area (Å²) in [4.78, 5) is 4.40. The van der Waals surface area contributed by atoms with Crippen LogP contribution in [-0.4, -0.2) is 4.98 Å². The summed E-state index contributed by atoms with van der Waals surface area (Å²) < 4.78 is 0. The fourth-order valence-electron chi connectivity index (χ4n) is 1.54. The molecule has 65 valence electrons. The lowest BCUT2D eigenvalue weighted by atomic mass is 10.1. The lowest BCUT2D eigenvalue weighted by Gasteiger charge is -2.04. The van der Waals surface area contributed by atoms with Gasteiger partial charge < -0.3 is 0 Å². The predicted molar refractivity (Wildman–Crippen MR) is 53.3 cm³/mol. The molecular weight excluding hydrogens is 160 g/mol. The number of hydrogen-bond acceptors (Lipinski definition) is 1. The van der Waals surface area contributed by atoms with E-state index in [-0.39, 0.29) is 0 Å². The van der Waals surface area contributed by atoms with E-state index >= 15 is 0 Å². The minimum Gasteiger partial charge on any atom is -0.253 e. The highest BCUT2D eigenvalue weighted by Crippen LogP contribution is 2.17. The van der Waals surface area contributed by atoms with Crippen molar-refractivity contribution >= 4 is 10.9 Å². The second-order valence-electron chi connectivity index (χ2n) is 3.12. The van der Waals surface area contributed by atoms with E-state index in [9.17, 15) is 0 Å². The van der Waals surface area contributed by atoms with Gasteiger partial charge in [-0.2, -0.15) is 0 Å². The molecule has 0 fully saturated rings. The standard InChI is InChI=1S/C11H11N2/c1-8-6-9(7-12)10-4-2-3-5-11(10)13-8/h2-6,12H,7H2,1H3. The number of aromatic nitrogens is 1. The van der Waals surface area contributed by atoms with Gasteiger partial charge in [0.1, 0.15) is 0 Å². The normalized spacial score (nSPS) is 10.6. The van der Waals surface area contributed by atoms with Crippen LogP contribution in [0.25, 0.3) is 10.9 Å². The number of para-hydroxylation sites is 1. The minimum atomic E-state index is 0.323. The Balaban J connectivity index is 2.81. The van der Waals surface area contributed by atoms with E-state index in [1.807, 2.05) is 37.3 Å². The number of hydrogen-bond donors (Lipinski definition) is 0. The monoisotopic (exact) mass is 171 g/mol. The van der Waals surface area contributed by atoms with Crippen LogP contribution in [0.15, 0.2) is 30.3 Å². The van der Waals surface area contributed by atoms with Crippen LogP contribution in [0.5, 0.6) is 0 Å². The van der Waals surface area contributed by atoms with Crippen LogP contribution in [0.4, 0.5) is 0 Å². The van der Waals surface area contributed by atoms with Crippen molar-refractivity contribution in [3.63, 3.8) is 0 Å². The number of pyridine rings is 1. The van der Waals surface area contributed by atoms with Gasteiger partial charge in [-0.3, -0.25) is 10.7 Å². The van der Waals surface area contributed by atoms with Crippen molar-refractivity contribution in [1.82, 2.24) is 10.7 Å². The van der Waals surface area contributed by atoms with Crippen LogP contribution in [0, 0.1) is 6.92 Å². The molecule has 0 amide bonds. The first-order chi connectivity index (χ1) is 6.31. The Morgan fingerprint density at radius 2 is 2.08 bits per heavy atom. The third-order valence-corrected chi connectivity index (χ3v) is 2.12. The summed E-state index contributed by atoms with van der Waals surface area (Å²) in [5, 5.41) is 1.10. The Morgan fingerprint density at radius 1 is 1.31 bits per heavy atom. The first-order valence-electron chi connectivity index (χ1n) is 4.31. The summed E-state index contributed by atoms with van der Waals surface area (Å²) in [6.07, 6.45) is 0. The van der Waals surface area contributed by atoms with Crippen LogP contribution in [0.3, 0.4) is 0 Å². The summed E-state index contributed by atoms with van der Waals surface area (Å²) in [5.74, 6) is 0. The Hall–Kier alpha value is -1.41. The molecule has 0 atom stereocenters. The molecule has 0 aliphatic carbocycles. The van der Waals surface area contributed by atoms with Crippen molar-refractivity contribution in [3.05, 3.63) is 41.6 Å². The second-order valence-corrected chi connectivity index (χ2v) is 3.12. The van der Waals surface area contributed by atoms with Crippen LogP contribution < -0.4 is 5.73 Å². The lowest BCUT2D eigenvalue weighted by molar-refractivity contribution is 1.03. The molecule has 0 bridgehead atoms. The molecule has 2 aromatic rings. The summed E-state index contributed by atoms with van der Waals surface area (Å²) in [7, 11) is 0. The SMILES string of the molecule is Cc1cc(C[NH])c2ccccc2n1. The van der Waals surface area contributed by atoms with Crippen LogP contribution >= 0.6 is 0 Å². The van der Waals surface area contributed by atoms with Crippen molar-refractivity contribution in [3.8, 4) is 0 Å². The Bertz CT molecular complexity index is 435. The second kappa shape index (κ2) is 3.15. The van der Waals surface area contributed by atoms with Crippen molar-refractivity contribution < 1.29 is 0 Å². The fraction of sp³-hybridized carbons (Fsp3) is 0.182. The van der Waals surface area contributed by atoms with Crippen LogP contribution in [-0.2, 0) is 6.54 Å². The Kier molecular flexibility index (Phi) is 1.99. The van der Waals surface area contributed by atoms with Gasteiger partial charge in [0.2, 0.25) is 0 Å². The number of rotatable bonds is 1. The van der Waals surface area contributed by atoms with E-state index in [1.54, 1.807) is 0 Å². The molecule has 0 aliphatic rings. The first-order valence-corrected chi connectivity index (χ1v) is 4.31. The summed E-state index contributed by atoms with van der Waals surface area (Å²) in [6.45, 7) is 2.29. The maximum atomic E-state index is 7.39. The average molecular weight is 171 g/mol. The van der Waals surface area contributed by atoms with Gasteiger partial charge in [0.15, 0.2) is 0 Å². The van der Waals surface area contributed by atoms with E-state index in [2.05, 4.69) is 4.98 Å². The zero-order valence-electron chi connectivity index (χ0n) is 7.54. The zero-order valence-corrected chi connectivity index (χ0v) is 7.54. The van der Waals surface area contributed by atoms with Gasteiger partial charge in [-0.05, 0) is 24.6 Å². The molecule has 1 N–H and O–H groups in total. The molecule has 0 spiro atoms. The number of benzene rings is 1. The largest absolute Gasteiger partial charge is 0.253 e. The van der Waals surface area contributed by atoms with Crippen LogP contribution in [0.2, 0.25) is 0 Å². The molecule has 2 rings (SSSR count). The van der Waals surface area contributed by atoms with Crippen LogP contribution in [0.1, 0.15) is 11.3 Å². The third-order valence-electron chi connectivity index (χ3n) is 2.12. The molecular formula is C11H11N2. The minimum absolute atomic E-state index is 0.323. The third kappa shape index (κ3) is 1.40. The van der Waals surface area contributed by atoms with E-state index in [1.165, 1.54) is 0 Å². The highest BCUT2D eigenvalue weighted by Gasteiger charge is 2.00. The highest BCUT2D eigenvalue weighted by molar-refractivity contribution is 5.82. The first kappa shape index (κ1) is 8.20. The molecule has 1 aromatic heterocycles. The van der Waals surface area contributed by atoms with Crippen molar-refractivity contribution in [2.45, 2.75) is 13.5 Å². The van der Waals surface area contributed by atoms with E-state index in [4.69, 9.17) is 5.73 Å². The molecule has 0 saturated heterocycles.